The van der Waals surface area contributed by atoms with Crippen LogP contribution in [0.1, 0.15) is 18.2 Å². The molecule has 4 rings (SSSR count). The van der Waals surface area contributed by atoms with E-state index in [1.807, 2.05) is 24.3 Å². The minimum absolute atomic E-state index is 0.0742. The van der Waals surface area contributed by atoms with E-state index < -0.39 is 0 Å². The third-order valence-electron chi connectivity index (χ3n) is 4.47. The largest absolute Gasteiger partial charge is 0.302 e. The first kappa shape index (κ1) is 17.4. The molecule has 4 aromatic rings. The maximum Gasteiger partial charge on any atom is 0.274 e. The van der Waals surface area contributed by atoms with Crippen LogP contribution in [0.3, 0.4) is 0 Å². The van der Waals surface area contributed by atoms with Crippen LogP contribution in [0, 0.1) is 0 Å². The lowest BCUT2D eigenvalue weighted by molar-refractivity contribution is -0.115. The summed E-state index contributed by atoms with van der Waals surface area (Å²) in [6, 6.07) is 13.3. The topological polar surface area (TPSA) is 76.9 Å². The SMILES string of the molecule is CCc1ccc2nc(NC(=O)Cc3nn(C)c(=O)c4ccccc34)sc2c1. The number of rotatable bonds is 4. The van der Waals surface area contributed by atoms with Gasteiger partial charge in [-0.1, -0.05) is 42.5 Å². The summed E-state index contributed by atoms with van der Waals surface area (Å²) in [5.41, 5.74) is 2.51. The molecular formula is C20H18N4O2S. The number of carbonyl (C=O) groups excluding carboxylic acids is 1. The van der Waals surface area contributed by atoms with Gasteiger partial charge in [0.05, 0.1) is 27.7 Å². The van der Waals surface area contributed by atoms with Crippen LogP contribution in [0.5, 0.6) is 0 Å². The molecule has 0 aliphatic carbocycles. The van der Waals surface area contributed by atoms with Gasteiger partial charge in [-0.2, -0.15) is 5.10 Å². The first-order valence-corrected chi connectivity index (χ1v) is 9.51. The molecule has 136 valence electrons. The minimum Gasteiger partial charge on any atom is -0.302 e. The maximum absolute atomic E-state index is 12.5. The van der Waals surface area contributed by atoms with Crippen molar-refractivity contribution in [2.75, 3.05) is 5.32 Å². The molecule has 0 bridgehead atoms. The van der Waals surface area contributed by atoms with Gasteiger partial charge in [-0.3, -0.25) is 9.59 Å². The molecule has 2 heterocycles. The van der Waals surface area contributed by atoms with E-state index in [0.717, 1.165) is 16.6 Å². The fraction of sp³-hybridized carbons (Fsp3) is 0.200. The van der Waals surface area contributed by atoms with Crippen molar-refractivity contribution in [3.05, 3.63) is 64.1 Å². The zero-order valence-electron chi connectivity index (χ0n) is 15.0. The summed E-state index contributed by atoms with van der Waals surface area (Å²) in [5.74, 6) is -0.207. The average Bonchev–Trinajstić information content (AvgIpc) is 3.06. The summed E-state index contributed by atoms with van der Waals surface area (Å²) in [7, 11) is 1.59. The highest BCUT2D eigenvalue weighted by molar-refractivity contribution is 7.22. The van der Waals surface area contributed by atoms with Crippen molar-refractivity contribution in [1.82, 2.24) is 14.8 Å². The molecule has 0 aliphatic rings. The van der Waals surface area contributed by atoms with E-state index in [0.29, 0.717) is 21.6 Å². The third kappa shape index (κ3) is 3.33. The standard InChI is InChI=1S/C20H18N4O2S/c1-3-12-8-9-15-17(10-12)27-20(21-15)22-18(25)11-16-13-6-4-5-7-14(13)19(26)24(2)23-16/h4-10H,3,11H2,1-2H3,(H,21,22,25). The van der Waals surface area contributed by atoms with Crippen LogP contribution in [-0.2, 0) is 24.7 Å². The Bertz CT molecular complexity index is 1230. The van der Waals surface area contributed by atoms with E-state index >= 15 is 0 Å². The lowest BCUT2D eigenvalue weighted by Gasteiger charge is -2.07. The Morgan fingerprint density at radius 2 is 1.96 bits per heavy atom. The second-order valence-electron chi connectivity index (χ2n) is 6.32. The molecule has 0 radical (unpaired) electrons. The molecule has 6 nitrogen and oxygen atoms in total. The Kier molecular flexibility index (Phi) is 4.45. The van der Waals surface area contributed by atoms with Crippen molar-refractivity contribution in [1.29, 1.82) is 0 Å². The van der Waals surface area contributed by atoms with Gasteiger partial charge < -0.3 is 5.32 Å². The second kappa shape index (κ2) is 6.92. The Morgan fingerprint density at radius 3 is 2.74 bits per heavy atom. The highest BCUT2D eigenvalue weighted by Crippen LogP contribution is 2.27. The van der Waals surface area contributed by atoms with Gasteiger partial charge in [-0.15, -0.1) is 0 Å². The molecule has 0 fully saturated rings. The second-order valence-corrected chi connectivity index (χ2v) is 7.35. The van der Waals surface area contributed by atoms with E-state index in [1.165, 1.54) is 21.6 Å². The van der Waals surface area contributed by atoms with E-state index in [2.05, 4.69) is 28.4 Å². The van der Waals surface area contributed by atoms with Crippen LogP contribution >= 0.6 is 11.3 Å². The molecule has 0 saturated carbocycles. The zero-order valence-corrected chi connectivity index (χ0v) is 15.8. The number of nitrogens with zero attached hydrogens (tertiary/aromatic N) is 3. The molecule has 0 aliphatic heterocycles. The molecule has 2 aromatic carbocycles. The van der Waals surface area contributed by atoms with Crippen molar-refractivity contribution in [2.24, 2.45) is 7.05 Å². The first-order valence-electron chi connectivity index (χ1n) is 8.69. The number of benzene rings is 2. The quantitative estimate of drug-likeness (QED) is 0.591. The normalized spacial score (nSPS) is 11.2. The minimum atomic E-state index is -0.207. The first-order chi connectivity index (χ1) is 13.0. The van der Waals surface area contributed by atoms with Gasteiger partial charge in [0.15, 0.2) is 5.13 Å². The predicted octanol–water partition coefficient (Wildman–Crippen LogP) is 3.29. The van der Waals surface area contributed by atoms with E-state index in [-0.39, 0.29) is 17.9 Å². The number of fused-ring (bicyclic) bond motifs is 2. The van der Waals surface area contributed by atoms with Gasteiger partial charge in [0.2, 0.25) is 5.91 Å². The molecule has 0 spiro atoms. The number of nitrogens with one attached hydrogen (secondary N) is 1. The molecule has 27 heavy (non-hydrogen) atoms. The summed E-state index contributed by atoms with van der Waals surface area (Å²) in [5, 5.41) is 8.96. The van der Waals surface area contributed by atoms with Crippen molar-refractivity contribution < 1.29 is 4.79 Å². The number of aromatic nitrogens is 3. The van der Waals surface area contributed by atoms with Crippen molar-refractivity contribution in [3.63, 3.8) is 0 Å². The molecule has 1 N–H and O–H groups in total. The molecule has 1 amide bonds. The molecular weight excluding hydrogens is 360 g/mol. The van der Waals surface area contributed by atoms with Crippen molar-refractivity contribution >= 4 is 43.4 Å². The zero-order chi connectivity index (χ0) is 19.0. The molecule has 7 heteroatoms. The fourth-order valence-electron chi connectivity index (χ4n) is 3.06. The van der Waals surface area contributed by atoms with E-state index in [4.69, 9.17) is 0 Å². The fourth-order valence-corrected chi connectivity index (χ4v) is 4.01. The van der Waals surface area contributed by atoms with Crippen LogP contribution in [0.15, 0.2) is 47.3 Å². The van der Waals surface area contributed by atoms with Crippen LogP contribution in [0.2, 0.25) is 0 Å². The van der Waals surface area contributed by atoms with E-state index in [1.54, 1.807) is 19.2 Å². The van der Waals surface area contributed by atoms with Gasteiger partial charge in [0, 0.05) is 12.4 Å². The Morgan fingerprint density at radius 1 is 1.19 bits per heavy atom. The number of amides is 1. The summed E-state index contributed by atoms with van der Waals surface area (Å²) >= 11 is 1.46. The summed E-state index contributed by atoms with van der Waals surface area (Å²) in [4.78, 5) is 29.2. The highest BCUT2D eigenvalue weighted by Gasteiger charge is 2.14. The lowest BCUT2D eigenvalue weighted by Crippen LogP contribution is -2.24. The number of hydrogen-bond donors (Lipinski definition) is 1. The molecule has 0 atom stereocenters. The van der Waals surface area contributed by atoms with Gasteiger partial charge in [-0.05, 0) is 30.2 Å². The number of hydrogen-bond acceptors (Lipinski definition) is 5. The maximum atomic E-state index is 12.5. The monoisotopic (exact) mass is 378 g/mol. The van der Waals surface area contributed by atoms with Gasteiger partial charge in [0.25, 0.3) is 5.56 Å². The smallest absolute Gasteiger partial charge is 0.274 e. The number of aryl methyl sites for hydroxylation is 2. The number of carbonyl (C=O) groups is 1. The number of anilines is 1. The van der Waals surface area contributed by atoms with E-state index in [9.17, 15) is 9.59 Å². The lowest BCUT2D eigenvalue weighted by atomic mass is 10.1. The predicted molar refractivity (Wildman–Crippen MR) is 108 cm³/mol. The van der Waals surface area contributed by atoms with Crippen LogP contribution in [0.25, 0.3) is 21.0 Å². The van der Waals surface area contributed by atoms with Crippen LogP contribution in [0.4, 0.5) is 5.13 Å². The Balaban J connectivity index is 1.61. The summed E-state index contributed by atoms with van der Waals surface area (Å²) in [6.45, 7) is 2.11. The van der Waals surface area contributed by atoms with Gasteiger partial charge in [-0.25, -0.2) is 9.67 Å². The summed E-state index contributed by atoms with van der Waals surface area (Å²) in [6.07, 6.45) is 1.03. The average molecular weight is 378 g/mol. The molecule has 0 unspecified atom stereocenters. The Labute approximate surface area is 159 Å². The third-order valence-corrected chi connectivity index (χ3v) is 5.40. The number of thiazole rings is 1. The molecule has 2 aromatic heterocycles. The molecule has 0 saturated heterocycles. The summed E-state index contributed by atoms with van der Waals surface area (Å²) < 4.78 is 2.32. The van der Waals surface area contributed by atoms with Crippen LogP contribution < -0.4 is 10.9 Å². The highest BCUT2D eigenvalue weighted by atomic mass is 32.1. The van der Waals surface area contributed by atoms with Crippen molar-refractivity contribution in [3.8, 4) is 0 Å². The van der Waals surface area contributed by atoms with Gasteiger partial charge >= 0.3 is 0 Å². The Hall–Kier alpha value is -3.06. The van der Waals surface area contributed by atoms with Gasteiger partial charge in [0.1, 0.15) is 0 Å². The van der Waals surface area contributed by atoms with Crippen LogP contribution in [-0.4, -0.2) is 20.7 Å². The van der Waals surface area contributed by atoms with Crippen molar-refractivity contribution in [2.45, 2.75) is 19.8 Å².